The Bertz CT molecular complexity index is 1110. The van der Waals surface area contributed by atoms with Gasteiger partial charge in [-0.2, -0.15) is 0 Å². The van der Waals surface area contributed by atoms with Crippen molar-refractivity contribution in [3.63, 3.8) is 0 Å². The number of hydrogen-bond donors (Lipinski definition) is 2. The third-order valence-electron chi connectivity index (χ3n) is 4.32. The first-order chi connectivity index (χ1) is 13.7. The number of rotatable bonds is 6. The summed E-state index contributed by atoms with van der Waals surface area (Å²) in [5.74, 6) is -0.706. The molecule has 0 heterocycles. The molecule has 0 aliphatic heterocycles. The van der Waals surface area contributed by atoms with Crippen molar-refractivity contribution < 1.29 is 18.3 Å². The minimum Gasteiger partial charge on any atom is -0.507 e. The fraction of sp³-hybridized carbons (Fsp3) is 0.136. The summed E-state index contributed by atoms with van der Waals surface area (Å²) < 4.78 is 23.4. The molecule has 0 aliphatic carbocycles. The first-order valence-corrected chi connectivity index (χ1v) is 11.7. The zero-order valence-corrected chi connectivity index (χ0v) is 17.6. The second-order valence-electron chi connectivity index (χ2n) is 6.60. The number of benzene rings is 3. The first-order valence-electron chi connectivity index (χ1n) is 8.90. The van der Waals surface area contributed by atoms with Crippen molar-refractivity contribution in [1.82, 2.24) is 0 Å². The van der Waals surface area contributed by atoms with Crippen molar-refractivity contribution in [1.29, 1.82) is 0 Å². The van der Waals surface area contributed by atoms with Crippen LogP contribution < -0.4 is 5.32 Å². The van der Waals surface area contributed by atoms with Crippen LogP contribution in [0.25, 0.3) is 0 Å². The van der Waals surface area contributed by atoms with Crippen molar-refractivity contribution in [2.75, 3.05) is 11.6 Å². The predicted molar refractivity (Wildman–Crippen MR) is 116 cm³/mol. The molecule has 1 unspecified atom stereocenters. The number of thioether (sulfide) groups is 1. The molecule has 0 bridgehead atoms. The van der Waals surface area contributed by atoms with Crippen LogP contribution in [-0.2, 0) is 9.84 Å². The van der Waals surface area contributed by atoms with E-state index in [1.807, 2.05) is 30.3 Å². The van der Waals surface area contributed by atoms with Crippen LogP contribution in [0.2, 0.25) is 0 Å². The highest BCUT2D eigenvalue weighted by Gasteiger charge is 2.15. The van der Waals surface area contributed by atoms with E-state index in [4.69, 9.17) is 0 Å². The average molecular weight is 428 g/mol. The van der Waals surface area contributed by atoms with Crippen LogP contribution in [0.5, 0.6) is 5.75 Å². The quantitative estimate of drug-likeness (QED) is 0.432. The van der Waals surface area contributed by atoms with E-state index in [1.54, 1.807) is 23.9 Å². The molecule has 7 heteroatoms. The van der Waals surface area contributed by atoms with E-state index in [0.29, 0.717) is 11.3 Å². The molecule has 5 nitrogen and oxygen atoms in total. The van der Waals surface area contributed by atoms with Crippen LogP contribution in [-0.4, -0.2) is 25.7 Å². The van der Waals surface area contributed by atoms with Crippen molar-refractivity contribution in [2.45, 2.75) is 22.0 Å². The predicted octanol–water partition coefficient (Wildman–Crippen LogP) is 4.90. The summed E-state index contributed by atoms with van der Waals surface area (Å²) in [6.07, 6.45) is 1.00. The zero-order valence-electron chi connectivity index (χ0n) is 16.0. The summed E-state index contributed by atoms with van der Waals surface area (Å²) in [7, 11) is -3.60. The number of hydrogen-bond acceptors (Lipinski definition) is 5. The molecule has 0 aliphatic rings. The van der Waals surface area contributed by atoms with Gasteiger partial charge in [0.25, 0.3) is 5.91 Å². The number of amides is 1. The van der Waals surface area contributed by atoms with E-state index in [-0.39, 0.29) is 21.8 Å². The standard InChI is InChI=1S/C22H21NO4S2/c1-15(16-6-4-3-5-7-16)28-19-11-8-17(9-12-19)22(25)23-18-10-13-20(24)21(14-18)29(2,26)27/h3-15,24H,1-2H3,(H,23,25). The second-order valence-corrected chi connectivity index (χ2v) is 10.0. The van der Waals surface area contributed by atoms with E-state index in [9.17, 15) is 18.3 Å². The lowest BCUT2D eigenvalue weighted by Gasteiger charge is -2.12. The molecule has 1 amide bonds. The summed E-state index contributed by atoms with van der Waals surface area (Å²) in [6.45, 7) is 2.13. The minimum absolute atomic E-state index is 0.225. The van der Waals surface area contributed by atoms with Gasteiger partial charge < -0.3 is 10.4 Å². The van der Waals surface area contributed by atoms with Crippen molar-refractivity contribution in [3.05, 3.63) is 83.9 Å². The summed E-state index contributed by atoms with van der Waals surface area (Å²) in [5.41, 5.74) is 1.98. The average Bonchev–Trinajstić information content (AvgIpc) is 2.69. The SMILES string of the molecule is CC(Sc1ccc(C(=O)Nc2ccc(O)c(S(C)(=O)=O)c2)cc1)c1ccccc1. The fourth-order valence-corrected chi connectivity index (χ4v) is 4.56. The maximum atomic E-state index is 12.5. The summed E-state index contributed by atoms with van der Waals surface area (Å²) >= 11 is 1.70. The molecule has 0 spiro atoms. The van der Waals surface area contributed by atoms with Gasteiger partial charge in [-0.3, -0.25) is 4.79 Å². The fourth-order valence-electron chi connectivity index (χ4n) is 2.77. The molecule has 150 valence electrons. The van der Waals surface area contributed by atoms with Gasteiger partial charge in [-0.05, 0) is 55.0 Å². The molecule has 3 rings (SSSR count). The number of phenolic OH excluding ortho intramolecular Hbond substituents is 1. The summed E-state index contributed by atoms with van der Waals surface area (Å²) in [6, 6.07) is 21.4. The van der Waals surface area contributed by atoms with Crippen LogP contribution in [0.4, 0.5) is 5.69 Å². The normalized spacial score (nSPS) is 12.3. The Hall–Kier alpha value is -2.77. The highest BCUT2D eigenvalue weighted by molar-refractivity contribution is 7.99. The van der Waals surface area contributed by atoms with E-state index in [2.05, 4.69) is 24.4 Å². The van der Waals surface area contributed by atoms with Crippen LogP contribution in [0.3, 0.4) is 0 Å². The maximum Gasteiger partial charge on any atom is 0.255 e. The van der Waals surface area contributed by atoms with Gasteiger partial charge in [0.15, 0.2) is 9.84 Å². The maximum absolute atomic E-state index is 12.5. The van der Waals surface area contributed by atoms with Gasteiger partial charge in [-0.25, -0.2) is 8.42 Å². The Morgan fingerprint density at radius 2 is 1.66 bits per heavy atom. The lowest BCUT2D eigenvalue weighted by atomic mass is 10.2. The van der Waals surface area contributed by atoms with Crippen LogP contribution in [0.15, 0.2) is 82.6 Å². The number of phenols is 1. The Balaban J connectivity index is 1.69. The van der Waals surface area contributed by atoms with Crippen LogP contribution >= 0.6 is 11.8 Å². The summed E-state index contributed by atoms with van der Waals surface area (Å²) in [5, 5.41) is 12.7. The van der Waals surface area contributed by atoms with Crippen molar-refractivity contribution in [2.24, 2.45) is 0 Å². The smallest absolute Gasteiger partial charge is 0.255 e. The van der Waals surface area contributed by atoms with Gasteiger partial charge in [0.05, 0.1) is 0 Å². The molecule has 1 atom stereocenters. The molecule has 0 saturated carbocycles. The summed E-state index contributed by atoms with van der Waals surface area (Å²) in [4.78, 5) is 13.3. The van der Waals surface area contributed by atoms with E-state index in [0.717, 1.165) is 11.2 Å². The number of sulfone groups is 1. The Kier molecular flexibility index (Phi) is 6.30. The second kappa shape index (κ2) is 8.71. The molecule has 2 N–H and O–H groups in total. The van der Waals surface area contributed by atoms with Crippen molar-refractivity contribution >= 4 is 33.2 Å². The van der Waals surface area contributed by atoms with Gasteiger partial charge in [-0.1, -0.05) is 30.3 Å². The Morgan fingerprint density at radius 3 is 2.28 bits per heavy atom. The van der Waals surface area contributed by atoms with Gasteiger partial charge in [-0.15, -0.1) is 11.8 Å². The highest BCUT2D eigenvalue weighted by atomic mass is 32.2. The largest absolute Gasteiger partial charge is 0.507 e. The van der Waals surface area contributed by atoms with Gasteiger partial charge >= 0.3 is 0 Å². The molecule has 3 aromatic rings. The third kappa shape index (κ3) is 5.40. The lowest BCUT2D eigenvalue weighted by molar-refractivity contribution is 0.102. The topological polar surface area (TPSA) is 83.5 Å². The molecule has 0 saturated heterocycles. The van der Waals surface area contributed by atoms with E-state index in [1.165, 1.54) is 23.8 Å². The Morgan fingerprint density at radius 1 is 1.00 bits per heavy atom. The molecule has 0 radical (unpaired) electrons. The number of aromatic hydroxyl groups is 1. The minimum atomic E-state index is -3.60. The van der Waals surface area contributed by atoms with Crippen LogP contribution in [0, 0.1) is 0 Å². The van der Waals surface area contributed by atoms with Crippen molar-refractivity contribution in [3.8, 4) is 5.75 Å². The number of carbonyl (C=O) groups is 1. The van der Waals surface area contributed by atoms with Gasteiger partial charge in [0.2, 0.25) is 0 Å². The molecular formula is C22H21NO4S2. The molecule has 29 heavy (non-hydrogen) atoms. The van der Waals surface area contributed by atoms with Gasteiger partial charge in [0.1, 0.15) is 10.6 Å². The van der Waals surface area contributed by atoms with Gasteiger partial charge in [0, 0.05) is 27.7 Å². The highest BCUT2D eigenvalue weighted by Crippen LogP contribution is 2.34. The van der Waals surface area contributed by atoms with E-state index >= 15 is 0 Å². The van der Waals surface area contributed by atoms with E-state index < -0.39 is 9.84 Å². The van der Waals surface area contributed by atoms with Crippen LogP contribution in [0.1, 0.15) is 28.1 Å². The first kappa shape index (κ1) is 21.0. The zero-order chi connectivity index (χ0) is 21.0. The lowest BCUT2D eigenvalue weighted by Crippen LogP contribution is -2.12. The number of carbonyl (C=O) groups excluding carboxylic acids is 1. The number of nitrogens with one attached hydrogen (secondary N) is 1. The molecule has 0 fully saturated rings. The molecule has 0 aromatic heterocycles. The Labute approximate surface area is 174 Å². The number of anilines is 1. The third-order valence-corrected chi connectivity index (χ3v) is 6.61. The monoisotopic (exact) mass is 427 g/mol. The molecule has 3 aromatic carbocycles. The molecular weight excluding hydrogens is 406 g/mol.